The number of benzene rings is 5. The number of aliphatic imine (C=N–C) groups is 1. The number of nitrogens with zero attached hydrogens (tertiary/aromatic N) is 1. The van der Waals surface area contributed by atoms with E-state index in [4.69, 9.17) is 10.7 Å². The van der Waals surface area contributed by atoms with Crippen molar-refractivity contribution < 1.29 is 0 Å². The first kappa shape index (κ1) is 29.2. The SMILES string of the molecule is Nc1cc(C2c3ccccc3C(c3ccccc3)=NC3C=CC=CC32)ccc1-c1ccc(-c2cccc(CCI)c2)cc1I. The number of fused-ring (bicyclic) bond motifs is 2. The Hall–Kier alpha value is -3.49. The van der Waals surface area contributed by atoms with Crippen LogP contribution >= 0.6 is 45.2 Å². The van der Waals surface area contributed by atoms with Crippen LogP contribution in [0.25, 0.3) is 22.3 Å². The van der Waals surface area contributed by atoms with Gasteiger partial charge >= 0.3 is 0 Å². The molecular weight excluding hydrogens is 762 g/mol. The van der Waals surface area contributed by atoms with E-state index < -0.39 is 0 Å². The molecule has 2 nitrogen and oxygen atoms in total. The Morgan fingerprint density at radius 1 is 0.659 bits per heavy atom. The van der Waals surface area contributed by atoms with Gasteiger partial charge in [-0.25, -0.2) is 0 Å². The minimum Gasteiger partial charge on any atom is -0.398 e. The monoisotopic (exact) mass is 794 g/mol. The Balaban J connectivity index is 1.28. The number of nitrogen functional groups attached to an aromatic ring is 1. The molecule has 5 aromatic rings. The second kappa shape index (κ2) is 12.9. The summed E-state index contributed by atoms with van der Waals surface area (Å²) in [5.41, 5.74) is 19.7. The van der Waals surface area contributed by atoms with Crippen LogP contribution in [-0.4, -0.2) is 16.2 Å². The highest BCUT2D eigenvalue weighted by Crippen LogP contribution is 2.44. The van der Waals surface area contributed by atoms with Crippen LogP contribution in [0, 0.1) is 9.49 Å². The summed E-state index contributed by atoms with van der Waals surface area (Å²) in [5, 5.41) is 0. The lowest BCUT2D eigenvalue weighted by Crippen LogP contribution is -2.24. The highest BCUT2D eigenvalue weighted by atomic mass is 127. The molecule has 2 aliphatic rings. The predicted molar refractivity (Wildman–Crippen MR) is 203 cm³/mol. The lowest BCUT2D eigenvalue weighted by atomic mass is 9.74. The van der Waals surface area contributed by atoms with Gasteiger partial charge in [-0.15, -0.1) is 0 Å². The fraction of sp³-hybridized carbons (Fsp3) is 0.125. The number of allylic oxidation sites excluding steroid dienone is 2. The largest absolute Gasteiger partial charge is 0.398 e. The second-order valence-electron chi connectivity index (χ2n) is 11.4. The number of halogens is 2. The molecule has 44 heavy (non-hydrogen) atoms. The van der Waals surface area contributed by atoms with Crippen LogP contribution in [0.4, 0.5) is 5.69 Å². The third-order valence-electron chi connectivity index (χ3n) is 8.75. The molecule has 3 atom stereocenters. The molecule has 216 valence electrons. The van der Waals surface area contributed by atoms with Crippen LogP contribution in [0.3, 0.4) is 0 Å². The Morgan fingerprint density at radius 3 is 2.23 bits per heavy atom. The van der Waals surface area contributed by atoms with Gasteiger partial charge in [0.2, 0.25) is 0 Å². The van der Waals surface area contributed by atoms with E-state index in [-0.39, 0.29) is 17.9 Å². The van der Waals surface area contributed by atoms with E-state index >= 15 is 0 Å². The molecule has 0 saturated heterocycles. The third-order valence-corrected chi connectivity index (χ3v) is 10.2. The van der Waals surface area contributed by atoms with E-state index in [0.29, 0.717) is 0 Å². The smallest absolute Gasteiger partial charge is 0.0762 e. The summed E-state index contributed by atoms with van der Waals surface area (Å²) in [7, 11) is 0. The molecular formula is C40H32I2N2. The van der Waals surface area contributed by atoms with E-state index in [9.17, 15) is 0 Å². The van der Waals surface area contributed by atoms with Gasteiger partial charge in [-0.1, -0.05) is 150 Å². The molecule has 7 rings (SSSR count). The highest BCUT2D eigenvalue weighted by molar-refractivity contribution is 14.1. The summed E-state index contributed by atoms with van der Waals surface area (Å²) in [6.07, 6.45) is 9.95. The van der Waals surface area contributed by atoms with Gasteiger partial charge in [0.1, 0.15) is 0 Å². The molecule has 1 heterocycles. The Kier molecular flexibility index (Phi) is 8.54. The first-order chi connectivity index (χ1) is 21.6. The standard InChI is InChI=1S/C40H32I2N2/c41-22-21-26-9-8-12-28(23-26)29-17-19-31(36(42)24-29)32-20-18-30(25-37(32)43)39-33-13-4-5-14-34(33)40(27-10-2-1-3-11-27)44-38-16-7-6-15-35(38)39/h1-20,23-25,35,38-39H,21-22,43H2. The van der Waals surface area contributed by atoms with E-state index in [1.807, 2.05) is 0 Å². The predicted octanol–water partition coefficient (Wildman–Crippen LogP) is 10.3. The van der Waals surface area contributed by atoms with E-state index in [2.05, 4.69) is 185 Å². The van der Waals surface area contributed by atoms with Gasteiger partial charge < -0.3 is 5.73 Å². The quantitative estimate of drug-likeness (QED) is 0.104. The summed E-state index contributed by atoms with van der Waals surface area (Å²) in [4.78, 5) is 5.38. The maximum absolute atomic E-state index is 6.91. The number of alkyl halides is 1. The van der Waals surface area contributed by atoms with Crippen molar-refractivity contribution in [2.24, 2.45) is 10.9 Å². The summed E-state index contributed by atoms with van der Waals surface area (Å²) in [6, 6.07) is 41.7. The summed E-state index contributed by atoms with van der Waals surface area (Å²) in [5.74, 6) is 0.310. The maximum Gasteiger partial charge on any atom is 0.0762 e. The summed E-state index contributed by atoms with van der Waals surface area (Å²) >= 11 is 4.90. The topological polar surface area (TPSA) is 38.4 Å². The molecule has 1 aliphatic heterocycles. The molecule has 0 saturated carbocycles. The van der Waals surface area contributed by atoms with Crippen molar-refractivity contribution >= 4 is 56.6 Å². The van der Waals surface area contributed by atoms with Gasteiger partial charge in [0, 0.05) is 42.2 Å². The van der Waals surface area contributed by atoms with Crippen LogP contribution in [-0.2, 0) is 6.42 Å². The zero-order chi connectivity index (χ0) is 30.0. The van der Waals surface area contributed by atoms with Gasteiger partial charge in [0.25, 0.3) is 0 Å². The fourth-order valence-electron chi connectivity index (χ4n) is 6.64. The van der Waals surface area contributed by atoms with Gasteiger partial charge in [-0.05, 0) is 74.5 Å². The first-order valence-corrected chi connectivity index (χ1v) is 17.6. The Morgan fingerprint density at radius 2 is 1.41 bits per heavy atom. The molecule has 0 spiro atoms. The second-order valence-corrected chi connectivity index (χ2v) is 13.7. The van der Waals surface area contributed by atoms with Crippen molar-refractivity contribution in [3.8, 4) is 22.3 Å². The lowest BCUT2D eigenvalue weighted by molar-refractivity contribution is 0.516. The number of aryl methyl sites for hydroxylation is 1. The molecule has 0 fully saturated rings. The highest BCUT2D eigenvalue weighted by Gasteiger charge is 2.35. The molecule has 0 amide bonds. The van der Waals surface area contributed by atoms with Crippen LogP contribution in [0.1, 0.15) is 33.7 Å². The summed E-state index contributed by atoms with van der Waals surface area (Å²) in [6.45, 7) is 0. The third kappa shape index (κ3) is 5.70. The molecule has 3 unspecified atom stereocenters. The van der Waals surface area contributed by atoms with Crippen LogP contribution in [0.5, 0.6) is 0 Å². The van der Waals surface area contributed by atoms with E-state index in [0.717, 1.165) is 38.9 Å². The van der Waals surface area contributed by atoms with Gasteiger partial charge in [-0.2, -0.15) is 0 Å². The zero-order valence-electron chi connectivity index (χ0n) is 24.2. The van der Waals surface area contributed by atoms with Crippen LogP contribution < -0.4 is 5.73 Å². The molecule has 4 heteroatoms. The minimum absolute atomic E-state index is 0.0392. The first-order valence-electron chi connectivity index (χ1n) is 15.0. The Bertz CT molecular complexity index is 1920. The van der Waals surface area contributed by atoms with Crippen molar-refractivity contribution in [3.63, 3.8) is 0 Å². The number of nitrogens with two attached hydrogens (primary N) is 1. The number of hydrogen-bond donors (Lipinski definition) is 1. The number of hydrogen-bond acceptors (Lipinski definition) is 2. The van der Waals surface area contributed by atoms with Crippen LogP contribution in [0.15, 0.2) is 145 Å². The maximum atomic E-state index is 6.91. The Labute approximate surface area is 287 Å². The number of anilines is 1. The minimum atomic E-state index is 0.0392. The average molecular weight is 795 g/mol. The average Bonchev–Trinajstić information content (AvgIpc) is 3.20. The fourth-order valence-corrected chi connectivity index (χ4v) is 8.06. The van der Waals surface area contributed by atoms with Crippen molar-refractivity contribution in [3.05, 3.63) is 171 Å². The van der Waals surface area contributed by atoms with Crippen molar-refractivity contribution in [2.75, 3.05) is 10.2 Å². The molecule has 0 bridgehead atoms. The van der Waals surface area contributed by atoms with E-state index in [1.165, 1.54) is 37.0 Å². The van der Waals surface area contributed by atoms with Crippen molar-refractivity contribution in [1.82, 2.24) is 0 Å². The van der Waals surface area contributed by atoms with Gasteiger partial charge in [-0.3, -0.25) is 4.99 Å². The van der Waals surface area contributed by atoms with Gasteiger partial charge in [0.05, 0.1) is 11.8 Å². The normalized spacial score (nSPS) is 18.7. The number of rotatable bonds is 6. The summed E-state index contributed by atoms with van der Waals surface area (Å²) < 4.78 is 2.31. The molecule has 0 aromatic heterocycles. The molecule has 0 radical (unpaired) electrons. The zero-order valence-corrected chi connectivity index (χ0v) is 28.5. The van der Waals surface area contributed by atoms with Crippen molar-refractivity contribution in [2.45, 2.75) is 18.4 Å². The molecule has 2 N–H and O–H groups in total. The molecule has 5 aromatic carbocycles. The molecule has 1 aliphatic carbocycles. The lowest BCUT2D eigenvalue weighted by Gasteiger charge is -2.30. The van der Waals surface area contributed by atoms with Gasteiger partial charge in [0.15, 0.2) is 0 Å². The van der Waals surface area contributed by atoms with Crippen LogP contribution in [0.2, 0.25) is 0 Å². The van der Waals surface area contributed by atoms with Crippen molar-refractivity contribution in [1.29, 1.82) is 0 Å². The van der Waals surface area contributed by atoms with E-state index in [1.54, 1.807) is 0 Å².